The summed E-state index contributed by atoms with van der Waals surface area (Å²) in [5.41, 5.74) is 2.32. The number of nitriles is 1. The van der Waals surface area contributed by atoms with Crippen LogP contribution in [0.4, 0.5) is 5.69 Å². The van der Waals surface area contributed by atoms with Gasteiger partial charge in [0.25, 0.3) is 0 Å². The van der Waals surface area contributed by atoms with E-state index < -0.39 is 10.3 Å². The molecule has 0 aliphatic rings. The predicted octanol–water partition coefficient (Wildman–Crippen LogP) is 2.36. The Morgan fingerprint density at radius 2 is 1.67 bits per heavy atom. The molecule has 30 heavy (non-hydrogen) atoms. The van der Waals surface area contributed by atoms with Crippen LogP contribution in [0.1, 0.15) is 11.1 Å². The number of aromatic nitrogens is 3. The van der Waals surface area contributed by atoms with E-state index in [2.05, 4.69) is 20.4 Å². The van der Waals surface area contributed by atoms with Crippen molar-refractivity contribution in [3.63, 3.8) is 0 Å². The summed E-state index contributed by atoms with van der Waals surface area (Å²) in [6.45, 7) is 0.420. The third kappa shape index (κ3) is 4.07. The largest absolute Gasteiger partial charge is 0.380 e. The van der Waals surface area contributed by atoms with Crippen molar-refractivity contribution in [2.24, 2.45) is 5.14 Å². The van der Waals surface area contributed by atoms with Gasteiger partial charge in [-0.1, -0.05) is 36.4 Å². The van der Waals surface area contributed by atoms with Gasteiger partial charge in [0, 0.05) is 10.8 Å². The van der Waals surface area contributed by atoms with Crippen molar-refractivity contribution < 1.29 is 12.6 Å². The van der Waals surface area contributed by atoms with Gasteiger partial charge in [-0.05, 0) is 29.8 Å². The molecule has 0 saturated carbocycles. The van der Waals surface area contributed by atoms with Crippen molar-refractivity contribution in [1.82, 2.24) is 14.9 Å². The van der Waals surface area contributed by atoms with E-state index in [0.29, 0.717) is 12.1 Å². The number of fused-ring (bicyclic) bond motifs is 1. The van der Waals surface area contributed by atoms with Gasteiger partial charge in [0.2, 0.25) is 0 Å². The summed E-state index contributed by atoms with van der Waals surface area (Å²) in [4.78, 5) is 0. The smallest absolute Gasteiger partial charge is 0.371 e. The summed E-state index contributed by atoms with van der Waals surface area (Å²) < 4.78 is 28.6. The monoisotopic (exact) mass is 420 g/mol. The average Bonchev–Trinajstić information content (AvgIpc) is 3.26. The van der Waals surface area contributed by atoms with Crippen molar-refractivity contribution in [2.45, 2.75) is 6.54 Å². The van der Waals surface area contributed by atoms with Gasteiger partial charge in [-0.3, -0.25) is 5.01 Å². The Hall–Kier alpha value is -3.94. The standard InChI is InChI=1S/C20H16N6O3S/c21-11-16-7-10-20(19-4-2-1-3-18(16)19)26(25-13-23-24-14-25)12-15-5-8-17(9-6-15)29-30(22,27)28/h1-10,13-14H,12H2,(H2,22,27,28). The van der Waals surface area contributed by atoms with Crippen molar-refractivity contribution in [1.29, 1.82) is 5.26 Å². The summed E-state index contributed by atoms with van der Waals surface area (Å²) in [5.74, 6) is 0.126. The van der Waals surface area contributed by atoms with E-state index in [1.807, 2.05) is 35.3 Å². The molecule has 0 atom stereocenters. The third-order valence-corrected chi connectivity index (χ3v) is 4.88. The van der Waals surface area contributed by atoms with E-state index in [4.69, 9.17) is 5.14 Å². The molecule has 150 valence electrons. The molecule has 1 heterocycles. The molecular formula is C20H16N6O3S. The highest BCUT2D eigenvalue weighted by molar-refractivity contribution is 7.84. The quantitative estimate of drug-likeness (QED) is 0.507. The highest BCUT2D eigenvalue weighted by Gasteiger charge is 2.15. The SMILES string of the molecule is N#Cc1ccc(N(Cc2ccc(OS(N)(=O)=O)cc2)n2cnnc2)c2ccccc12. The zero-order valence-corrected chi connectivity index (χ0v) is 16.4. The normalized spacial score (nSPS) is 11.2. The van der Waals surface area contributed by atoms with Crippen LogP contribution < -0.4 is 14.3 Å². The molecule has 1 aromatic heterocycles. The van der Waals surface area contributed by atoms with Crippen molar-refractivity contribution in [2.75, 3.05) is 5.01 Å². The fourth-order valence-electron chi connectivity index (χ4n) is 3.17. The van der Waals surface area contributed by atoms with Crippen LogP contribution in [0.15, 0.2) is 73.3 Å². The maximum absolute atomic E-state index is 11.1. The van der Waals surface area contributed by atoms with E-state index >= 15 is 0 Å². The van der Waals surface area contributed by atoms with Crippen LogP contribution >= 0.6 is 0 Å². The zero-order valence-electron chi connectivity index (χ0n) is 15.6. The molecule has 3 aromatic carbocycles. The number of nitrogens with zero attached hydrogens (tertiary/aromatic N) is 5. The summed E-state index contributed by atoms with van der Waals surface area (Å²) in [6.07, 6.45) is 3.15. The summed E-state index contributed by atoms with van der Waals surface area (Å²) in [7, 11) is -4.08. The zero-order chi connectivity index (χ0) is 21.1. The summed E-state index contributed by atoms with van der Waals surface area (Å²) >= 11 is 0. The first kappa shape index (κ1) is 19.4. The Bertz CT molecular complexity index is 1330. The van der Waals surface area contributed by atoms with Crippen LogP contribution in [0.2, 0.25) is 0 Å². The maximum atomic E-state index is 11.1. The molecule has 0 aliphatic carbocycles. The predicted molar refractivity (Wildman–Crippen MR) is 110 cm³/mol. The third-order valence-electron chi connectivity index (χ3n) is 4.45. The molecule has 0 fully saturated rings. The average molecular weight is 420 g/mol. The van der Waals surface area contributed by atoms with Gasteiger partial charge in [-0.15, -0.1) is 10.2 Å². The van der Waals surface area contributed by atoms with Gasteiger partial charge in [-0.2, -0.15) is 18.8 Å². The number of hydrogen-bond acceptors (Lipinski definition) is 7. The minimum atomic E-state index is -4.08. The molecule has 2 N–H and O–H groups in total. The number of benzene rings is 3. The van der Waals surface area contributed by atoms with Crippen molar-refractivity contribution in [3.8, 4) is 11.8 Å². The molecular weight excluding hydrogens is 404 g/mol. The second kappa shape index (κ2) is 7.82. The lowest BCUT2D eigenvalue weighted by molar-refractivity contribution is 0.487. The van der Waals surface area contributed by atoms with Crippen LogP contribution in [-0.4, -0.2) is 23.3 Å². The lowest BCUT2D eigenvalue weighted by Crippen LogP contribution is -2.28. The molecule has 0 amide bonds. The lowest BCUT2D eigenvalue weighted by Gasteiger charge is -2.26. The van der Waals surface area contributed by atoms with Gasteiger partial charge in [0.05, 0.1) is 23.9 Å². The van der Waals surface area contributed by atoms with Gasteiger partial charge >= 0.3 is 10.3 Å². The fourth-order valence-corrected chi connectivity index (χ4v) is 3.55. The minimum absolute atomic E-state index is 0.126. The number of nitrogens with two attached hydrogens (primary N) is 1. The Morgan fingerprint density at radius 1 is 1.00 bits per heavy atom. The summed E-state index contributed by atoms with van der Waals surface area (Å²) in [6, 6.07) is 20.1. The Labute approximate surface area is 172 Å². The minimum Gasteiger partial charge on any atom is -0.371 e. The number of hydrogen-bond donors (Lipinski definition) is 1. The molecule has 0 saturated heterocycles. The Kier molecular flexibility index (Phi) is 5.05. The van der Waals surface area contributed by atoms with Crippen LogP contribution in [0, 0.1) is 11.3 Å². The van der Waals surface area contributed by atoms with E-state index in [9.17, 15) is 13.7 Å². The lowest BCUT2D eigenvalue weighted by atomic mass is 10.0. The molecule has 10 heteroatoms. The van der Waals surface area contributed by atoms with E-state index in [1.54, 1.807) is 35.5 Å². The molecule has 0 unspecified atom stereocenters. The fraction of sp³-hybridized carbons (Fsp3) is 0.0500. The highest BCUT2D eigenvalue weighted by Crippen LogP contribution is 2.31. The van der Waals surface area contributed by atoms with Gasteiger partial charge in [0.1, 0.15) is 18.4 Å². The number of rotatable bonds is 6. The van der Waals surface area contributed by atoms with E-state index in [0.717, 1.165) is 22.0 Å². The topological polar surface area (TPSA) is 127 Å². The van der Waals surface area contributed by atoms with E-state index in [1.165, 1.54) is 12.1 Å². The molecule has 4 aromatic rings. The second-order valence-corrected chi connectivity index (χ2v) is 7.56. The second-order valence-electron chi connectivity index (χ2n) is 6.41. The first-order valence-electron chi connectivity index (χ1n) is 8.80. The van der Waals surface area contributed by atoms with Crippen molar-refractivity contribution >= 4 is 26.8 Å². The maximum Gasteiger partial charge on any atom is 0.380 e. The molecule has 0 radical (unpaired) electrons. The summed E-state index contributed by atoms with van der Waals surface area (Å²) in [5, 5.41) is 25.8. The molecule has 0 aliphatic heterocycles. The molecule has 0 bridgehead atoms. The van der Waals surface area contributed by atoms with Gasteiger partial charge in [-0.25, -0.2) is 4.68 Å². The highest BCUT2D eigenvalue weighted by atomic mass is 32.2. The number of anilines is 1. The first-order chi connectivity index (χ1) is 14.4. The molecule has 9 nitrogen and oxygen atoms in total. The van der Waals surface area contributed by atoms with Crippen LogP contribution in [-0.2, 0) is 16.8 Å². The molecule has 0 spiro atoms. The van der Waals surface area contributed by atoms with Crippen LogP contribution in [0.5, 0.6) is 5.75 Å². The Morgan fingerprint density at radius 3 is 2.30 bits per heavy atom. The Balaban J connectivity index is 1.75. The van der Waals surface area contributed by atoms with Crippen LogP contribution in [0.3, 0.4) is 0 Å². The van der Waals surface area contributed by atoms with Crippen molar-refractivity contribution in [3.05, 3.63) is 84.4 Å². The van der Waals surface area contributed by atoms with Crippen LogP contribution in [0.25, 0.3) is 10.8 Å². The van der Waals surface area contributed by atoms with Gasteiger partial charge in [0.15, 0.2) is 0 Å². The molecule has 4 rings (SSSR count). The van der Waals surface area contributed by atoms with Gasteiger partial charge < -0.3 is 4.18 Å². The van der Waals surface area contributed by atoms with E-state index in [-0.39, 0.29) is 5.75 Å². The first-order valence-corrected chi connectivity index (χ1v) is 10.3.